The molecule has 2 rings (SSSR count). The van der Waals surface area contributed by atoms with E-state index in [0.29, 0.717) is 0 Å². The molecule has 0 atom stereocenters. The standard InChI is InChI=1S/C6H6F3NO.C5H5ClS/c1-3-2-4(10)5(11-3)6(7,8)9;1-4-2-3-5(6)7-4/h2H,10H2,1H3;2-3H,1H3. The first-order valence-electron chi connectivity index (χ1n) is 4.85. The number of furan rings is 1. The average molecular weight is 298 g/mol. The number of aryl methyl sites for hydroxylation is 2. The molecule has 0 fully saturated rings. The van der Waals surface area contributed by atoms with E-state index in [0.717, 1.165) is 10.4 Å². The molecule has 0 aliphatic heterocycles. The van der Waals surface area contributed by atoms with Gasteiger partial charge in [0.05, 0.1) is 10.0 Å². The minimum Gasteiger partial charge on any atom is -0.455 e. The number of nitrogens with two attached hydrogens (primary N) is 1. The third-order valence-corrected chi connectivity index (χ3v) is 3.00. The number of nitrogen functional groups attached to an aromatic ring is 1. The second-order valence-corrected chi connectivity index (χ2v) is 5.41. The fraction of sp³-hybridized carbons (Fsp3) is 0.273. The van der Waals surface area contributed by atoms with Crippen molar-refractivity contribution in [2.75, 3.05) is 5.73 Å². The third-order valence-electron chi connectivity index (χ3n) is 1.85. The van der Waals surface area contributed by atoms with Crippen LogP contribution >= 0.6 is 22.9 Å². The van der Waals surface area contributed by atoms with E-state index in [1.807, 2.05) is 19.1 Å². The number of hydrogen-bond acceptors (Lipinski definition) is 3. The second-order valence-electron chi connectivity index (χ2n) is 3.49. The predicted molar refractivity (Wildman–Crippen MR) is 66.9 cm³/mol. The highest BCUT2D eigenvalue weighted by Crippen LogP contribution is 2.35. The summed E-state index contributed by atoms with van der Waals surface area (Å²) in [5.74, 6) is -0.954. The molecular formula is C11H11ClF3NOS. The number of anilines is 1. The Morgan fingerprint density at radius 2 is 1.89 bits per heavy atom. The molecule has 0 bridgehead atoms. The van der Waals surface area contributed by atoms with E-state index in [-0.39, 0.29) is 11.4 Å². The molecule has 0 aromatic carbocycles. The van der Waals surface area contributed by atoms with E-state index in [1.165, 1.54) is 11.8 Å². The van der Waals surface area contributed by atoms with Gasteiger partial charge >= 0.3 is 6.18 Å². The first kappa shape index (κ1) is 14.9. The normalized spacial score (nSPS) is 11.0. The van der Waals surface area contributed by atoms with E-state index < -0.39 is 11.9 Å². The maximum atomic E-state index is 11.9. The summed E-state index contributed by atoms with van der Waals surface area (Å²) in [4.78, 5) is 1.27. The number of halogens is 4. The molecule has 0 radical (unpaired) electrons. The van der Waals surface area contributed by atoms with Gasteiger partial charge in [0.15, 0.2) is 0 Å². The lowest BCUT2D eigenvalue weighted by atomic mass is 10.3. The van der Waals surface area contributed by atoms with E-state index in [4.69, 9.17) is 17.3 Å². The van der Waals surface area contributed by atoms with Crippen molar-refractivity contribution >= 4 is 28.6 Å². The third kappa shape index (κ3) is 4.27. The van der Waals surface area contributed by atoms with E-state index in [1.54, 1.807) is 11.3 Å². The molecule has 0 saturated carbocycles. The van der Waals surface area contributed by atoms with Gasteiger partial charge in [-0.1, -0.05) is 11.6 Å². The first-order valence-corrected chi connectivity index (χ1v) is 6.04. The Bertz CT molecular complexity index is 502. The van der Waals surface area contributed by atoms with Crippen molar-refractivity contribution in [2.45, 2.75) is 20.0 Å². The molecule has 18 heavy (non-hydrogen) atoms. The first-order chi connectivity index (χ1) is 8.20. The van der Waals surface area contributed by atoms with Gasteiger partial charge in [-0.3, -0.25) is 0 Å². The van der Waals surface area contributed by atoms with Gasteiger partial charge in [0.1, 0.15) is 5.76 Å². The molecule has 0 aliphatic rings. The fourth-order valence-electron chi connectivity index (χ4n) is 1.16. The SMILES string of the molecule is Cc1cc(N)c(C(F)(F)F)o1.Cc1ccc(Cl)s1. The summed E-state index contributed by atoms with van der Waals surface area (Å²) in [7, 11) is 0. The number of alkyl halides is 3. The molecule has 0 unspecified atom stereocenters. The van der Waals surface area contributed by atoms with Crippen molar-refractivity contribution in [3.8, 4) is 0 Å². The average Bonchev–Trinajstić information content (AvgIpc) is 2.72. The molecule has 2 nitrogen and oxygen atoms in total. The van der Waals surface area contributed by atoms with Crippen molar-refractivity contribution in [3.63, 3.8) is 0 Å². The van der Waals surface area contributed by atoms with Crippen LogP contribution in [-0.2, 0) is 6.18 Å². The zero-order chi connectivity index (χ0) is 13.9. The molecule has 100 valence electrons. The van der Waals surface area contributed by atoms with Crippen LogP contribution in [0.1, 0.15) is 16.4 Å². The van der Waals surface area contributed by atoms with Gasteiger partial charge in [-0.15, -0.1) is 11.3 Å². The summed E-state index contributed by atoms with van der Waals surface area (Å²) in [6.45, 7) is 3.45. The topological polar surface area (TPSA) is 39.2 Å². The summed E-state index contributed by atoms with van der Waals surface area (Å²) in [5.41, 5.74) is 4.65. The summed E-state index contributed by atoms with van der Waals surface area (Å²) in [6, 6.07) is 5.05. The van der Waals surface area contributed by atoms with Crippen molar-refractivity contribution in [1.29, 1.82) is 0 Å². The number of rotatable bonds is 0. The lowest BCUT2D eigenvalue weighted by molar-refractivity contribution is -0.152. The fourth-order valence-corrected chi connectivity index (χ4v) is 2.17. The van der Waals surface area contributed by atoms with Crippen LogP contribution in [0.4, 0.5) is 18.9 Å². The van der Waals surface area contributed by atoms with Crippen LogP contribution in [0.5, 0.6) is 0 Å². The van der Waals surface area contributed by atoms with Gasteiger partial charge in [-0.25, -0.2) is 0 Å². The molecule has 0 amide bonds. The van der Waals surface area contributed by atoms with Crippen molar-refractivity contribution < 1.29 is 17.6 Å². The monoisotopic (exact) mass is 297 g/mol. The van der Waals surface area contributed by atoms with E-state index in [9.17, 15) is 13.2 Å². The van der Waals surface area contributed by atoms with E-state index >= 15 is 0 Å². The predicted octanol–water partition coefficient (Wildman–Crippen LogP) is 4.90. The Balaban J connectivity index is 0.000000199. The molecule has 2 aromatic rings. The van der Waals surface area contributed by atoms with Gasteiger partial charge in [0.25, 0.3) is 0 Å². The van der Waals surface area contributed by atoms with Crippen LogP contribution in [-0.4, -0.2) is 0 Å². The minimum absolute atomic E-state index is 0.162. The lowest BCUT2D eigenvalue weighted by Crippen LogP contribution is -2.05. The second kappa shape index (κ2) is 5.67. The van der Waals surface area contributed by atoms with Gasteiger partial charge < -0.3 is 10.2 Å². The highest BCUT2D eigenvalue weighted by atomic mass is 35.5. The number of hydrogen-bond donors (Lipinski definition) is 1. The summed E-state index contributed by atoms with van der Waals surface area (Å²) in [6.07, 6.45) is -4.49. The Morgan fingerprint density at radius 1 is 1.28 bits per heavy atom. The summed E-state index contributed by atoms with van der Waals surface area (Å²) >= 11 is 7.19. The molecule has 0 saturated heterocycles. The van der Waals surface area contributed by atoms with Crippen LogP contribution in [0.2, 0.25) is 4.34 Å². The van der Waals surface area contributed by atoms with Gasteiger partial charge in [-0.2, -0.15) is 13.2 Å². The Hall–Kier alpha value is -1.14. The van der Waals surface area contributed by atoms with Crippen LogP contribution in [0.15, 0.2) is 22.6 Å². The zero-order valence-electron chi connectivity index (χ0n) is 9.64. The van der Waals surface area contributed by atoms with Crippen LogP contribution in [0, 0.1) is 13.8 Å². The van der Waals surface area contributed by atoms with Crippen molar-refractivity contribution in [3.05, 3.63) is 38.9 Å². The minimum atomic E-state index is -4.49. The highest BCUT2D eigenvalue weighted by Gasteiger charge is 2.37. The van der Waals surface area contributed by atoms with Crippen LogP contribution in [0.3, 0.4) is 0 Å². The molecule has 7 heteroatoms. The largest absolute Gasteiger partial charge is 0.455 e. The smallest absolute Gasteiger partial charge is 0.451 e. The van der Waals surface area contributed by atoms with Crippen molar-refractivity contribution in [2.24, 2.45) is 0 Å². The van der Waals surface area contributed by atoms with Crippen LogP contribution in [0.25, 0.3) is 0 Å². The Labute approximate surface area is 111 Å². The van der Waals surface area contributed by atoms with Crippen molar-refractivity contribution in [1.82, 2.24) is 0 Å². The molecule has 0 spiro atoms. The quantitative estimate of drug-likeness (QED) is 0.751. The lowest BCUT2D eigenvalue weighted by Gasteiger charge is -2.01. The van der Waals surface area contributed by atoms with E-state index in [2.05, 4.69) is 4.42 Å². The maximum Gasteiger partial charge on any atom is 0.451 e. The Kier molecular flexibility index (Phi) is 4.70. The molecule has 2 aromatic heterocycles. The molecule has 2 N–H and O–H groups in total. The molecular weight excluding hydrogens is 287 g/mol. The number of thiophene rings is 1. The summed E-state index contributed by atoms with van der Waals surface area (Å²) < 4.78 is 40.9. The Morgan fingerprint density at radius 3 is 2.06 bits per heavy atom. The molecule has 2 heterocycles. The summed E-state index contributed by atoms with van der Waals surface area (Å²) in [5, 5.41) is 0. The van der Waals surface area contributed by atoms with Gasteiger partial charge in [-0.05, 0) is 26.0 Å². The zero-order valence-corrected chi connectivity index (χ0v) is 11.2. The molecule has 0 aliphatic carbocycles. The maximum absolute atomic E-state index is 11.9. The van der Waals surface area contributed by atoms with Crippen LogP contribution < -0.4 is 5.73 Å². The highest BCUT2D eigenvalue weighted by molar-refractivity contribution is 7.16. The van der Waals surface area contributed by atoms with Gasteiger partial charge in [0.2, 0.25) is 5.76 Å². The van der Waals surface area contributed by atoms with Gasteiger partial charge in [0, 0.05) is 10.9 Å².